The molecule has 7 heteroatoms. The monoisotopic (exact) mass is 464 g/mol. The molecule has 0 saturated carbocycles. The fraction of sp³-hybridized carbons (Fsp3) is 0.308. The molecule has 0 bridgehead atoms. The van der Waals surface area contributed by atoms with Gasteiger partial charge in [-0.2, -0.15) is 0 Å². The first-order valence-corrected chi connectivity index (χ1v) is 11.6. The summed E-state index contributed by atoms with van der Waals surface area (Å²) < 4.78 is 5.44. The number of likely N-dealkylation sites (N-methyl/N-ethyl adjacent to an activating group) is 1. The molecule has 0 atom stereocenters. The van der Waals surface area contributed by atoms with Crippen LogP contribution in [0.1, 0.15) is 18.1 Å². The molecule has 1 aromatic heterocycles. The molecule has 0 unspecified atom stereocenters. The molecule has 1 saturated heterocycles. The number of benzene rings is 2. The Labute approximate surface area is 199 Å². The number of rotatable bonds is 6. The summed E-state index contributed by atoms with van der Waals surface area (Å²) in [4.78, 5) is 22.0. The number of nitrogens with one attached hydrogen (secondary N) is 1. The largest absolute Gasteiger partial charge is 0.494 e. The number of anilines is 2. The normalized spacial score (nSPS) is 14.7. The summed E-state index contributed by atoms with van der Waals surface area (Å²) >= 11 is 6.29. The van der Waals surface area contributed by atoms with Crippen molar-refractivity contribution < 1.29 is 9.53 Å². The number of halogens is 1. The van der Waals surface area contributed by atoms with E-state index in [2.05, 4.69) is 35.2 Å². The second-order valence-corrected chi connectivity index (χ2v) is 8.67. The van der Waals surface area contributed by atoms with Crippen LogP contribution in [-0.4, -0.2) is 55.6 Å². The van der Waals surface area contributed by atoms with Crippen molar-refractivity contribution >= 4 is 46.0 Å². The summed E-state index contributed by atoms with van der Waals surface area (Å²) in [6, 6.07) is 13.4. The highest BCUT2D eigenvalue weighted by molar-refractivity contribution is 6.32. The molecular formula is C26H29ClN4O2. The standard InChI is InChI=1S/C26H29ClN4O2/c1-4-33-21-8-5-19(23(27)17-21)6-10-26(32)28-20-7-9-24-22(16-20)18(2)15-25(29-24)31-13-11-30(3)12-14-31/h5-10,15-17H,4,11-14H2,1-3H3,(H,28,32)/b10-6+. The van der Waals surface area contributed by atoms with E-state index in [1.165, 1.54) is 6.08 Å². The number of nitrogens with zero attached hydrogens (tertiary/aromatic N) is 3. The topological polar surface area (TPSA) is 57.7 Å². The first-order valence-electron chi connectivity index (χ1n) is 11.2. The third-order valence-corrected chi connectivity index (χ3v) is 6.12. The van der Waals surface area contributed by atoms with Gasteiger partial charge in [0.15, 0.2) is 0 Å². The Balaban J connectivity index is 1.46. The molecule has 0 spiro atoms. The molecule has 33 heavy (non-hydrogen) atoms. The van der Waals surface area contributed by atoms with Gasteiger partial charge in [-0.05, 0) is 80.6 Å². The van der Waals surface area contributed by atoms with E-state index in [9.17, 15) is 4.79 Å². The lowest BCUT2D eigenvalue weighted by Crippen LogP contribution is -2.44. The summed E-state index contributed by atoms with van der Waals surface area (Å²) in [7, 11) is 2.15. The minimum atomic E-state index is -0.223. The van der Waals surface area contributed by atoms with E-state index in [0.717, 1.165) is 59.7 Å². The van der Waals surface area contributed by atoms with Crippen molar-refractivity contribution in [1.82, 2.24) is 9.88 Å². The molecule has 2 aromatic carbocycles. The summed E-state index contributed by atoms with van der Waals surface area (Å²) in [5, 5.41) is 4.50. The van der Waals surface area contributed by atoms with E-state index < -0.39 is 0 Å². The highest BCUT2D eigenvalue weighted by Crippen LogP contribution is 2.26. The molecule has 1 fully saturated rings. The SMILES string of the molecule is CCOc1ccc(/C=C/C(=O)Nc2ccc3nc(N4CCN(C)CC4)cc(C)c3c2)c(Cl)c1. The van der Waals surface area contributed by atoms with Gasteiger partial charge in [0, 0.05) is 43.3 Å². The number of ether oxygens (including phenoxy) is 1. The average molecular weight is 465 g/mol. The van der Waals surface area contributed by atoms with E-state index in [0.29, 0.717) is 17.4 Å². The van der Waals surface area contributed by atoms with Gasteiger partial charge < -0.3 is 19.9 Å². The van der Waals surface area contributed by atoms with E-state index >= 15 is 0 Å². The number of carbonyl (C=O) groups excluding carboxylic acids is 1. The summed E-state index contributed by atoms with van der Waals surface area (Å²) in [6.07, 6.45) is 3.18. The number of piperazine rings is 1. The van der Waals surface area contributed by atoms with Crippen LogP contribution >= 0.6 is 11.6 Å². The average Bonchev–Trinajstić information content (AvgIpc) is 2.79. The third-order valence-electron chi connectivity index (χ3n) is 5.79. The van der Waals surface area contributed by atoms with Crippen molar-refractivity contribution in [2.75, 3.05) is 50.1 Å². The first kappa shape index (κ1) is 23.1. The molecule has 3 aromatic rings. The summed E-state index contributed by atoms with van der Waals surface area (Å²) in [5.74, 6) is 1.50. The number of hydrogen-bond acceptors (Lipinski definition) is 5. The Bertz CT molecular complexity index is 1190. The van der Waals surface area contributed by atoms with Gasteiger partial charge in [-0.3, -0.25) is 4.79 Å². The molecule has 6 nitrogen and oxygen atoms in total. The van der Waals surface area contributed by atoms with Crippen molar-refractivity contribution in [3.05, 3.63) is 64.7 Å². The predicted molar refractivity (Wildman–Crippen MR) is 136 cm³/mol. The maximum Gasteiger partial charge on any atom is 0.248 e. The zero-order valence-corrected chi connectivity index (χ0v) is 20.0. The molecule has 1 N–H and O–H groups in total. The summed E-state index contributed by atoms with van der Waals surface area (Å²) in [6.45, 7) is 8.62. The van der Waals surface area contributed by atoms with Gasteiger partial charge in [-0.15, -0.1) is 0 Å². The molecule has 2 heterocycles. The minimum absolute atomic E-state index is 0.223. The smallest absolute Gasteiger partial charge is 0.248 e. The van der Waals surface area contributed by atoms with E-state index in [1.807, 2.05) is 37.3 Å². The Morgan fingerprint density at radius 3 is 2.67 bits per heavy atom. The zero-order chi connectivity index (χ0) is 23.4. The van der Waals surface area contributed by atoms with Crippen molar-refractivity contribution in [2.24, 2.45) is 0 Å². The van der Waals surface area contributed by atoms with Crippen LogP contribution in [0.15, 0.2) is 48.5 Å². The van der Waals surface area contributed by atoms with Crippen molar-refractivity contribution in [1.29, 1.82) is 0 Å². The third kappa shape index (κ3) is 5.64. The highest BCUT2D eigenvalue weighted by atomic mass is 35.5. The van der Waals surface area contributed by atoms with Crippen LogP contribution in [0.25, 0.3) is 17.0 Å². The van der Waals surface area contributed by atoms with Gasteiger partial charge in [0.2, 0.25) is 5.91 Å². The van der Waals surface area contributed by atoms with Crippen LogP contribution < -0.4 is 15.0 Å². The van der Waals surface area contributed by atoms with E-state index in [4.69, 9.17) is 21.3 Å². The lowest BCUT2D eigenvalue weighted by molar-refractivity contribution is -0.111. The van der Waals surface area contributed by atoms with Crippen molar-refractivity contribution in [3.8, 4) is 5.75 Å². The summed E-state index contributed by atoms with van der Waals surface area (Å²) in [5.41, 5.74) is 3.55. The number of hydrogen-bond donors (Lipinski definition) is 1. The van der Waals surface area contributed by atoms with E-state index in [-0.39, 0.29) is 5.91 Å². The molecule has 1 aliphatic rings. The van der Waals surface area contributed by atoms with Crippen molar-refractivity contribution in [2.45, 2.75) is 13.8 Å². The van der Waals surface area contributed by atoms with Crippen LogP contribution in [0, 0.1) is 6.92 Å². The molecule has 172 valence electrons. The van der Waals surface area contributed by atoms with Crippen LogP contribution in [0.4, 0.5) is 11.5 Å². The van der Waals surface area contributed by atoms with Gasteiger partial charge in [-0.25, -0.2) is 4.98 Å². The van der Waals surface area contributed by atoms with Crippen LogP contribution in [-0.2, 0) is 4.79 Å². The van der Waals surface area contributed by atoms with Crippen molar-refractivity contribution in [3.63, 3.8) is 0 Å². The van der Waals surface area contributed by atoms with Crippen LogP contribution in [0.2, 0.25) is 5.02 Å². The quantitative estimate of drug-likeness (QED) is 0.520. The Morgan fingerprint density at radius 1 is 1.15 bits per heavy atom. The Kier molecular flexibility index (Phi) is 7.16. The second-order valence-electron chi connectivity index (χ2n) is 8.26. The molecule has 4 rings (SSSR count). The maximum absolute atomic E-state index is 12.5. The van der Waals surface area contributed by atoms with Gasteiger partial charge >= 0.3 is 0 Å². The molecular weight excluding hydrogens is 436 g/mol. The van der Waals surface area contributed by atoms with Gasteiger partial charge in [-0.1, -0.05) is 11.6 Å². The molecule has 0 aliphatic carbocycles. The minimum Gasteiger partial charge on any atom is -0.494 e. The van der Waals surface area contributed by atoms with E-state index in [1.54, 1.807) is 12.1 Å². The number of amides is 1. The number of aryl methyl sites for hydroxylation is 1. The molecule has 0 radical (unpaired) electrons. The zero-order valence-electron chi connectivity index (χ0n) is 19.3. The lowest BCUT2D eigenvalue weighted by Gasteiger charge is -2.33. The lowest BCUT2D eigenvalue weighted by atomic mass is 10.1. The number of fused-ring (bicyclic) bond motifs is 1. The van der Waals surface area contributed by atoms with Gasteiger partial charge in [0.1, 0.15) is 11.6 Å². The fourth-order valence-electron chi connectivity index (χ4n) is 3.90. The van der Waals surface area contributed by atoms with Gasteiger partial charge in [0.05, 0.1) is 17.1 Å². The Morgan fingerprint density at radius 2 is 1.94 bits per heavy atom. The Hall–Kier alpha value is -3.09. The first-order chi connectivity index (χ1) is 15.9. The maximum atomic E-state index is 12.5. The predicted octanol–water partition coefficient (Wildman–Crippen LogP) is 5.00. The second kappa shape index (κ2) is 10.2. The van der Waals surface area contributed by atoms with Crippen LogP contribution in [0.5, 0.6) is 5.75 Å². The van der Waals surface area contributed by atoms with Gasteiger partial charge in [0.25, 0.3) is 0 Å². The fourth-order valence-corrected chi connectivity index (χ4v) is 4.13. The number of aromatic nitrogens is 1. The molecule has 1 amide bonds. The van der Waals surface area contributed by atoms with Crippen LogP contribution in [0.3, 0.4) is 0 Å². The highest BCUT2D eigenvalue weighted by Gasteiger charge is 2.16. The molecule has 1 aliphatic heterocycles. The number of carbonyl (C=O) groups is 1. The number of pyridine rings is 1.